The number of rotatable bonds is 6. The molecule has 1 saturated heterocycles. The molecular weight excluding hydrogens is 404 g/mol. The first-order valence-corrected chi connectivity index (χ1v) is 10.8. The van der Waals surface area contributed by atoms with Crippen LogP contribution in [-0.2, 0) is 4.74 Å². The summed E-state index contributed by atoms with van der Waals surface area (Å²) in [5.41, 5.74) is 3.07. The summed E-state index contributed by atoms with van der Waals surface area (Å²) in [6.07, 6.45) is -0.658. The first kappa shape index (κ1) is 20.9. The predicted octanol–water partition coefficient (Wildman–Crippen LogP) is 2.30. The standard InChI is InChI=1S/C21H26N4O4S/c1-12-8-16(14(3)30-12)18-9-17(19-13(2)24-29-21(19)23-18)20(27)22-10-15(26)11-25-4-6-28-7-5-25/h8-9,15,26H,4-7,10-11H2,1-3H3,(H,22,27). The van der Waals surface area contributed by atoms with E-state index in [1.165, 1.54) is 4.88 Å². The quantitative estimate of drug-likeness (QED) is 0.619. The summed E-state index contributed by atoms with van der Waals surface area (Å²) in [6.45, 7) is 9.45. The molecule has 9 heteroatoms. The third-order valence-electron chi connectivity index (χ3n) is 5.25. The van der Waals surface area contributed by atoms with Crippen LogP contribution in [0.5, 0.6) is 0 Å². The summed E-state index contributed by atoms with van der Waals surface area (Å²) in [6, 6.07) is 3.84. The lowest BCUT2D eigenvalue weighted by atomic mass is 10.1. The number of fused-ring (bicyclic) bond motifs is 1. The van der Waals surface area contributed by atoms with Gasteiger partial charge in [0.15, 0.2) is 0 Å². The number of carbonyl (C=O) groups excluding carboxylic acids is 1. The van der Waals surface area contributed by atoms with Crippen molar-refractivity contribution in [3.05, 3.63) is 33.1 Å². The summed E-state index contributed by atoms with van der Waals surface area (Å²) in [7, 11) is 0. The number of aliphatic hydroxyl groups is 1. The average Bonchev–Trinajstić information content (AvgIpc) is 3.27. The fourth-order valence-electron chi connectivity index (χ4n) is 3.75. The zero-order valence-electron chi connectivity index (χ0n) is 17.4. The number of amides is 1. The van der Waals surface area contributed by atoms with Gasteiger partial charge < -0.3 is 19.7 Å². The minimum Gasteiger partial charge on any atom is -0.390 e. The Balaban J connectivity index is 1.55. The number of aromatic nitrogens is 2. The number of aliphatic hydroxyl groups excluding tert-OH is 1. The van der Waals surface area contributed by atoms with Crippen molar-refractivity contribution < 1.29 is 19.2 Å². The molecule has 1 fully saturated rings. The van der Waals surface area contributed by atoms with Gasteiger partial charge in [0.2, 0.25) is 0 Å². The highest BCUT2D eigenvalue weighted by Gasteiger charge is 2.22. The maximum absolute atomic E-state index is 13.0. The van der Waals surface area contributed by atoms with E-state index in [0.717, 1.165) is 23.5 Å². The van der Waals surface area contributed by atoms with E-state index in [1.807, 2.05) is 13.8 Å². The molecule has 1 aliphatic rings. The molecule has 4 heterocycles. The molecule has 30 heavy (non-hydrogen) atoms. The lowest BCUT2D eigenvalue weighted by Crippen LogP contribution is -2.44. The molecule has 1 unspecified atom stereocenters. The first-order chi connectivity index (χ1) is 14.4. The van der Waals surface area contributed by atoms with Crippen molar-refractivity contribution in [3.63, 3.8) is 0 Å². The summed E-state index contributed by atoms with van der Waals surface area (Å²) in [4.78, 5) is 22.1. The molecule has 3 aromatic heterocycles. The Bertz CT molecular complexity index is 1050. The van der Waals surface area contributed by atoms with Crippen molar-refractivity contribution in [2.45, 2.75) is 26.9 Å². The molecule has 4 rings (SSSR count). The molecule has 1 atom stereocenters. The fraction of sp³-hybridized carbons (Fsp3) is 0.476. The highest BCUT2D eigenvalue weighted by molar-refractivity contribution is 7.12. The minimum atomic E-state index is -0.658. The number of aryl methyl sites for hydroxylation is 3. The normalized spacial score (nSPS) is 16.1. The number of pyridine rings is 1. The SMILES string of the molecule is Cc1cc(-c2cc(C(=O)NCC(O)CN3CCOCC3)c3c(C)noc3n2)c(C)s1. The molecule has 160 valence electrons. The van der Waals surface area contributed by atoms with E-state index in [0.29, 0.717) is 47.8 Å². The Morgan fingerprint density at radius 1 is 1.30 bits per heavy atom. The van der Waals surface area contributed by atoms with Crippen LogP contribution in [0.15, 0.2) is 16.7 Å². The number of thiophene rings is 1. The van der Waals surface area contributed by atoms with Crippen molar-refractivity contribution in [3.8, 4) is 11.3 Å². The highest BCUT2D eigenvalue weighted by atomic mass is 32.1. The number of hydrogen-bond donors (Lipinski definition) is 2. The van der Waals surface area contributed by atoms with Gasteiger partial charge in [-0.25, -0.2) is 4.98 Å². The molecule has 8 nitrogen and oxygen atoms in total. The van der Waals surface area contributed by atoms with E-state index < -0.39 is 6.10 Å². The van der Waals surface area contributed by atoms with Crippen LogP contribution in [0, 0.1) is 20.8 Å². The zero-order valence-corrected chi connectivity index (χ0v) is 18.2. The van der Waals surface area contributed by atoms with Gasteiger partial charge in [0.05, 0.1) is 41.7 Å². The maximum atomic E-state index is 13.0. The summed E-state index contributed by atoms with van der Waals surface area (Å²) in [5, 5.41) is 17.8. The highest BCUT2D eigenvalue weighted by Crippen LogP contribution is 2.32. The molecule has 0 aromatic carbocycles. The number of carbonyl (C=O) groups is 1. The van der Waals surface area contributed by atoms with Gasteiger partial charge in [0.1, 0.15) is 0 Å². The van der Waals surface area contributed by atoms with Gasteiger partial charge >= 0.3 is 0 Å². The Labute approximate surface area is 178 Å². The number of ether oxygens (including phenoxy) is 1. The average molecular weight is 431 g/mol. The predicted molar refractivity (Wildman–Crippen MR) is 115 cm³/mol. The van der Waals surface area contributed by atoms with Crippen LogP contribution in [0.4, 0.5) is 0 Å². The molecule has 1 amide bonds. The van der Waals surface area contributed by atoms with Crippen LogP contribution in [-0.4, -0.2) is 71.6 Å². The van der Waals surface area contributed by atoms with Gasteiger partial charge in [0, 0.05) is 41.5 Å². The third kappa shape index (κ3) is 4.39. The fourth-order valence-corrected chi connectivity index (χ4v) is 4.68. The van der Waals surface area contributed by atoms with E-state index in [2.05, 4.69) is 26.4 Å². The largest absolute Gasteiger partial charge is 0.390 e. The van der Waals surface area contributed by atoms with Crippen LogP contribution >= 0.6 is 11.3 Å². The van der Waals surface area contributed by atoms with Gasteiger partial charge in [-0.2, -0.15) is 0 Å². The van der Waals surface area contributed by atoms with Gasteiger partial charge in [-0.3, -0.25) is 9.69 Å². The Morgan fingerprint density at radius 2 is 2.07 bits per heavy atom. The van der Waals surface area contributed by atoms with Crippen LogP contribution < -0.4 is 5.32 Å². The molecule has 1 aliphatic heterocycles. The van der Waals surface area contributed by atoms with Crippen molar-refractivity contribution in [2.75, 3.05) is 39.4 Å². The second-order valence-electron chi connectivity index (χ2n) is 7.61. The van der Waals surface area contributed by atoms with Gasteiger partial charge in [0.25, 0.3) is 11.6 Å². The number of nitrogens with one attached hydrogen (secondary N) is 1. The lowest BCUT2D eigenvalue weighted by Gasteiger charge is -2.28. The number of morpholine rings is 1. The molecule has 0 saturated carbocycles. The summed E-state index contributed by atoms with van der Waals surface area (Å²) >= 11 is 1.69. The van der Waals surface area contributed by atoms with E-state index in [1.54, 1.807) is 24.3 Å². The summed E-state index contributed by atoms with van der Waals surface area (Å²) in [5.74, 6) is -0.277. The molecular formula is C21H26N4O4S. The summed E-state index contributed by atoms with van der Waals surface area (Å²) < 4.78 is 10.7. The van der Waals surface area contributed by atoms with Crippen LogP contribution in [0.2, 0.25) is 0 Å². The van der Waals surface area contributed by atoms with E-state index >= 15 is 0 Å². The van der Waals surface area contributed by atoms with Gasteiger partial charge in [-0.15, -0.1) is 11.3 Å². The maximum Gasteiger partial charge on any atom is 0.259 e. The lowest BCUT2D eigenvalue weighted by molar-refractivity contribution is 0.0149. The zero-order chi connectivity index (χ0) is 21.3. The van der Waals surface area contributed by atoms with Gasteiger partial charge in [-0.1, -0.05) is 5.16 Å². The molecule has 2 N–H and O–H groups in total. The number of hydrogen-bond acceptors (Lipinski definition) is 8. The van der Waals surface area contributed by atoms with Crippen LogP contribution in [0.25, 0.3) is 22.4 Å². The van der Waals surface area contributed by atoms with Gasteiger partial charge in [-0.05, 0) is 32.9 Å². The molecule has 0 aliphatic carbocycles. The molecule has 3 aromatic rings. The molecule has 0 radical (unpaired) electrons. The number of β-amino-alcohol motifs (C(OH)–C–C–N with tert-alkyl or cyclic N) is 1. The monoisotopic (exact) mass is 430 g/mol. The Kier molecular flexibility index (Phi) is 6.14. The van der Waals surface area contributed by atoms with Crippen LogP contribution in [0.1, 0.15) is 25.8 Å². The second kappa shape index (κ2) is 8.81. The third-order valence-corrected chi connectivity index (χ3v) is 6.22. The van der Waals surface area contributed by atoms with Crippen molar-refractivity contribution >= 4 is 28.3 Å². The Hall–Kier alpha value is -2.33. The minimum absolute atomic E-state index is 0.163. The molecule has 0 spiro atoms. The van der Waals surface area contributed by atoms with Crippen molar-refractivity contribution in [2.24, 2.45) is 0 Å². The second-order valence-corrected chi connectivity index (χ2v) is 9.07. The smallest absolute Gasteiger partial charge is 0.259 e. The van der Waals surface area contributed by atoms with Crippen molar-refractivity contribution in [1.29, 1.82) is 0 Å². The van der Waals surface area contributed by atoms with E-state index in [4.69, 9.17) is 9.26 Å². The topological polar surface area (TPSA) is 101 Å². The number of nitrogens with zero attached hydrogens (tertiary/aromatic N) is 3. The van der Waals surface area contributed by atoms with Crippen LogP contribution in [0.3, 0.4) is 0 Å². The van der Waals surface area contributed by atoms with E-state index in [9.17, 15) is 9.90 Å². The first-order valence-electron chi connectivity index (χ1n) is 10.0. The molecule has 0 bridgehead atoms. The van der Waals surface area contributed by atoms with E-state index in [-0.39, 0.29) is 12.5 Å². The van der Waals surface area contributed by atoms with Crippen molar-refractivity contribution in [1.82, 2.24) is 20.4 Å². The Morgan fingerprint density at radius 3 is 2.77 bits per heavy atom.